The van der Waals surface area contributed by atoms with Crippen molar-refractivity contribution in [2.24, 2.45) is 0 Å². The van der Waals surface area contributed by atoms with Crippen molar-refractivity contribution >= 4 is 19.7 Å². The number of quaternary nitrogens is 1. The molecular weight excluding hydrogens is 1010 g/mol. The predicted molar refractivity (Wildman–Crippen MR) is 344 cm³/mol. The highest BCUT2D eigenvalue weighted by Gasteiger charge is 2.27. The number of ether oxygens (including phenoxy) is 1. The summed E-state index contributed by atoms with van der Waals surface area (Å²) in [4.78, 5) is 40.1. The maximum atomic E-state index is 13.6. The first-order chi connectivity index (χ1) is 38.9. The van der Waals surface area contributed by atoms with Crippen molar-refractivity contribution < 1.29 is 37.3 Å². The summed E-state index contributed by atoms with van der Waals surface area (Å²) in [5.74, 6) is -0.533. The van der Waals surface area contributed by atoms with Crippen LogP contribution in [0.15, 0.2) is 36.5 Å². The molecule has 1 N–H and O–H groups in total. The Morgan fingerprint density at radius 2 is 0.800 bits per heavy atom. The van der Waals surface area contributed by atoms with Crippen LogP contribution >= 0.6 is 7.82 Å². The molecule has 0 bridgehead atoms. The molecule has 0 aromatic rings. The highest BCUT2D eigenvalue weighted by atomic mass is 31.2. The van der Waals surface area contributed by atoms with Crippen molar-refractivity contribution in [3.63, 3.8) is 0 Å². The average molecular weight is 1150 g/mol. The summed E-state index contributed by atoms with van der Waals surface area (Å²) in [6.07, 6.45) is 74.2. The van der Waals surface area contributed by atoms with Gasteiger partial charge in [-0.05, 0) is 57.4 Å². The molecule has 80 heavy (non-hydrogen) atoms. The third-order valence-corrected chi connectivity index (χ3v) is 16.8. The lowest BCUT2D eigenvalue weighted by Gasteiger charge is -2.30. The van der Waals surface area contributed by atoms with Crippen molar-refractivity contribution in [2.75, 3.05) is 40.9 Å². The smallest absolute Gasteiger partial charge is 0.306 e. The Bertz CT molecular complexity index is 1460. The Hall–Kier alpha value is -1.77. The largest absolute Gasteiger partial charge is 0.756 e. The molecule has 3 atom stereocenters. The number of amides is 1. The number of carbonyl (C=O) groups excluding carboxylic acids is 2. The van der Waals surface area contributed by atoms with Crippen LogP contribution in [0.3, 0.4) is 0 Å². The Morgan fingerprint density at radius 1 is 0.450 bits per heavy atom. The van der Waals surface area contributed by atoms with Crippen LogP contribution < -0.4 is 10.2 Å². The fourth-order valence-corrected chi connectivity index (χ4v) is 11.2. The molecule has 0 aliphatic rings. The summed E-state index contributed by atoms with van der Waals surface area (Å²) >= 11 is 0. The molecule has 9 nitrogen and oxygen atoms in total. The number of phosphoric ester groups is 1. The maximum Gasteiger partial charge on any atom is 0.306 e. The van der Waals surface area contributed by atoms with E-state index in [2.05, 4.69) is 50.4 Å². The molecule has 3 unspecified atom stereocenters. The van der Waals surface area contributed by atoms with Crippen LogP contribution in [0.25, 0.3) is 0 Å². The van der Waals surface area contributed by atoms with Crippen molar-refractivity contribution in [1.29, 1.82) is 0 Å². The van der Waals surface area contributed by atoms with Crippen molar-refractivity contribution in [2.45, 2.75) is 360 Å². The zero-order valence-corrected chi connectivity index (χ0v) is 54.9. The summed E-state index contributed by atoms with van der Waals surface area (Å²) < 4.78 is 30.4. The zero-order valence-electron chi connectivity index (χ0n) is 54.1. The van der Waals surface area contributed by atoms with Gasteiger partial charge < -0.3 is 28.5 Å². The molecule has 0 rings (SSSR count). The van der Waals surface area contributed by atoms with Gasteiger partial charge in [-0.3, -0.25) is 14.2 Å². The Morgan fingerprint density at radius 3 is 1.19 bits per heavy atom. The number of likely N-dealkylation sites (N-methyl/N-ethyl adjacent to an activating group) is 1. The molecule has 0 radical (unpaired) electrons. The van der Waals surface area contributed by atoms with E-state index in [1.807, 2.05) is 33.3 Å². The number of unbranched alkanes of at least 4 members (excludes halogenated alkanes) is 44. The van der Waals surface area contributed by atoms with Crippen LogP contribution in [0.5, 0.6) is 0 Å². The van der Waals surface area contributed by atoms with Crippen LogP contribution in [0.1, 0.15) is 348 Å². The van der Waals surface area contributed by atoms with Crippen LogP contribution in [-0.4, -0.2) is 69.4 Å². The summed E-state index contributed by atoms with van der Waals surface area (Å²) in [7, 11) is 1.20. The molecule has 0 aliphatic heterocycles. The second-order valence-corrected chi connectivity index (χ2v) is 26.4. The first-order valence-corrected chi connectivity index (χ1v) is 36.3. The van der Waals surface area contributed by atoms with Gasteiger partial charge in [-0.2, -0.15) is 0 Å². The number of nitrogens with one attached hydrogen (secondary N) is 1. The molecular formula is C70H135N2O7P. The minimum Gasteiger partial charge on any atom is -0.756 e. The number of esters is 1. The fraction of sp³-hybridized carbons (Fsp3) is 0.886. The number of rotatable bonds is 64. The maximum absolute atomic E-state index is 13.6. The van der Waals surface area contributed by atoms with Crippen LogP contribution in [-0.2, 0) is 27.9 Å². The fourth-order valence-electron chi connectivity index (χ4n) is 10.5. The van der Waals surface area contributed by atoms with Crippen molar-refractivity contribution in [3.05, 3.63) is 36.5 Å². The molecule has 0 heterocycles. The van der Waals surface area contributed by atoms with Crippen LogP contribution in [0.4, 0.5) is 0 Å². The lowest BCUT2D eigenvalue weighted by atomic mass is 10.0. The van der Waals surface area contributed by atoms with Crippen LogP contribution in [0.2, 0.25) is 0 Å². The van der Waals surface area contributed by atoms with Gasteiger partial charge in [0.25, 0.3) is 7.82 Å². The van der Waals surface area contributed by atoms with Gasteiger partial charge in [-0.15, -0.1) is 0 Å². The van der Waals surface area contributed by atoms with E-state index >= 15 is 0 Å². The highest BCUT2D eigenvalue weighted by molar-refractivity contribution is 7.45. The minimum atomic E-state index is -4.70. The topological polar surface area (TPSA) is 114 Å². The molecule has 0 fully saturated rings. The van der Waals surface area contributed by atoms with Gasteiger partial charge in [0.15, 0.2) is 0 Å². The molecule has 0 spiro atoms. The summed E-state index contributed by atoms with van der Waals surface area (Å²) in [6.45, 7) is 6.79. The van der Waals surface area contributed by atoms with E-state index in [0.717, 1.165) is 83.5 Å². The lowest BCUT2D eigenvalue weighted by Crippen LogP contribution is -2.47. The number of allylic oxidation sites excluding steroid dienone is 5. The highest BCUT2D eigenvalue weighted by Crippen LogP contribution is 2.38. The van der Waals surface area contributed by atoms with Crippen LogP contribution in [0, 0.1) is 0 Å². The summed E-state index contributed by atoms with van der Waals surface area (Å²) in [5, 5.41) is 3.04. The monoisotopic (exact) mass is 1150 g/mol. The number of hydrogen-bond donors (Lipinski definition) is 1. The zero-order chi connectivity index (χ0) is 58.6. The van der Waals surface area contributed by atoms with E-state index in [0.29, 0.717) is 17.4 Å². The van der Waals surface area contributed by atoms with Crippen molar-refractivity contribution in [3.8, 4) is 0 Å². The number of hydrogen-bond acceptors (Lipinski definition) is 7. The van der Waals surface area contributed by atoms with Gasteiger partial charge >= 0.3 is 5.97 Å². The molecule has 0 saturated heterocycles. The van der Waals surface area contributed by atoms with Gasteiger partial charge in [0.1, 0.15) is 19.3 Å². The number of nitrogens with zero attached hydrogens (tertiary/aromatic N) is 1. The summed E-state index contributed by atoms with van der Waals surface area (Å²) in [6, 6.07) is -0.888. The molecule has 1 amide bonds. The van der Waals surface area contributed by atoms with Crippen molar-refractivity contribution in [1.82, 2.24) is 5.32 Å². The standard InChI is InChI=1S/C70H135N2O7P/c1-7-10-13-16-19-22-25-28-30-31-32-33-34-35-36-37-38-39-40-41-42-44-47-50-53-56-59-62-69(73)71-67(66-78-80(75,76)77-65-64-72(4,5)6)68(61-58-55-52-49-46-43-27-24-21-18-15-12-9-3)79-70(74)63-60-57-54-51-48-45-29-26-23-20-17-14-11-8-2/h11,14,20,23,58,61,67-68H,7-10,12-13,15-19,21-22,24-57,59-60,62-66H2,1-6H3,(H-,71,73,75,76)/b14-11+,23-20+,61-58-. The van der Waals surface area contributed by atoms with E-state index in [1.165, 1.54) is 231 Å². The average Bonchev–Trinajstić information content (AvgIpc) is 3.42. The summed E-state index contributed by atoms with van der Waals surface area (Å²) in [5.41, 5.74) is 0. The SMILES string of the molecule is CC/C=C/C/C=C/CCCCCCCCCC(=O)OC(/C=C\CCCCCCCCCCCCC)C(COP(=O)([O-])OCC[N+](C)(C)C)NC(=O)CCCCCCCCCCCCCCCCCCCCCCCCCCCCC. The van der Waals surface area contributed by atoms with E-state index in [4.69, 9.17) is 13.8 Å². The van der Waals surface area contributed by atoms with E-state index in [9.17, 15) is 19.0 Å². The number of carbonyl (C=O) groups is 2. The third-order valence-electron chi connectivity index (χ3n) is 15.8. The normalized spacial score (nSPS) is 13.7. The predicted octanol–water partition coefficient (Wildman–Crippen LogP) is 21.2. The van der Waals surface area contributed by atoms with E-state index < -0.39 is 20.0 Å². The minimum absolute atomic E-state index is 0.0211. The molecule has 0 aromatic heterocycles. The first-order valence-electron chi connectivity index (χ1n) is 34.8. The second kappa shape index (κ2) is 60.4. The first kappa shape index (κ1) is 78.2. The van der Waals surface area contributed by atoms with E-state index in [-0.39, 0.29) is 31.5 Å². The third kappa shape index (κ3) is 60.8. The van der Waals surface area contributed by atoms with Gasteiger partial charge in [0, 0.05) is 12.8 Å². The molecule has 472 valence electrons. The quantitative estimate of drug-likeness (QED) is 0.0212. The Labute approximate surface area is 497 Å². The molecule has 0 aliphatic carbocycles. The lowest BCUT2D eigenvalue weighted by molar-refractivity contribution is -0.870. The number of phosphoric acid groups is 1. The second-order valence-electron chi connectivity index (χ2n) is 25.0. The van der Waals surface area contributed by atoms with Gasteiger partial charge in [-0.1, -0.05) is 314 Å². The van der Waals surface area contributed by atoms with E-state index in [1.54, 1.807) is 0 Å². The van der Waals surface area contributed by atoms with Gasteiger partial charge in [0.2, 0.25) is 5.91 Å². The van der Waals surface area contributed by atoms with Gasteiger partial charge in [0.05, 0.1) is 33.8 Å². The Balaban J connectivity index is 4.98. The van der Waals surface area contributed by atoms with Gasteiger partial charge in [-0.25, -0.2) is 0 Å². The molecule has 10 heteroatoms. The molecule has 0 aromatic carbocycles. The molecule has 0 saturated carbocycles. The Kier molecular flexibility index (Phi) is 59.0.